The Labute approximate surface area is 163 Å². The van der Waals surface area contributed by atoms with Gasteiger partial charge in [0.05, 0.1) is 24.2 Å². The molecule has 3 heterocycles. The SMILES string of the molecule is NCCOc1cccc2c1Nc1nc(=O)n([C@@H]3S[C@H](CO)C(O)C3O)cc1O2. The van der Waals surface area contributed by atoms with Crippen molar-refractivity contribution >= 4 is 23.3 Å². The number of aliphatic hydroxyl groups is 3. The van der Waals surface area contributed by atoms with Crippen molar-refractivity contribution in [3.05, 3.63) is 34.9 Å². The van der Waals surface area contributed by atoms with E-state index >= 15 is 0 Å². The molecule has 4 atom stereocenters. The Kier molecular flexibility index (Phi) is 5.17. The minimum Gasteiger partial charge on any atom is -0.490 e. The highest BCUT2D eigenvalue weighted by molar-refractivity contribution is 8.00. The molecule has 1 fully saturated rings. The van der Waals surface area contributed by atoms with Crippen molar-refractivity contribution in [3.8, 4) is 17.2 Å². The molecule has 1 aromatic carbocycles. The second-order valence-corrected chi connectivity index (χ2v) is 7.73. The van der Waals surface area contributed by atoms with Crippen LogP contribution in [0.4, 0.5) is 11.5 Å². The van der Waals surface area contributed by atoms with Crippen molar-refractivity contribution in [2.24, 2.45) is 5.73 Å². The van der Waals surface area contributed by atoms with Crippen LogP contribution >= 0.6 is 11.8 Å². The fourth-order valence-corrected chi connectivity index (χ4v) is 4.52. The van der Waals surface area contributed by atoms with Gasteiger partial charge in [-0.15, -0.1) is 11.8 Å². The maximum Gasteiger partial charge on any atom is 0.350 e. The van der Waals surface area contributed by atoms with E-state index in [1.54, 1.807) is 18.2 Å². The molecule has 10 nitrogen and oxygen atoms in total. The summed E-state index contributed by atoms with van der Waals surface area (Å²) < 4.78 is 12.7. The number of nitrogens with zero attached hydrogens (tertiary/aromatic N) is 2. The quantitative estimate of drug-likeness (QED) is 0.382. The van der Waals surface area contributed by atoms with E-state index in [9.17, 15) is 20.1 Å². The first-order valence-corrected chi connectivity index (χ1v) is 9.64. The van der Waals surface area contributed by atoms with Crippen LogP contribution in [-0.2, 0) is 0 Å². The number of fused-ring (bicyclic) bond motifs is 2. The van der Waals surface area contributed by atoms with Gasteiger partial charge in [0.15, 0.2) is 17.3 Å². The van der Waals surface area contributed by atoms with Crippen molar-refractivity contribution in [2.45, 2.75) is 22.8 Å². The third kappa shape index (κ3) is 3.20. The number of ether oxygens (including phenoxy) is 2. The smallest absolute Gasteiger partial charge is 0.350 e. The van der Waals surface area contributed by atoms with E-state index in [4.69, 9.17) is 15.2 Å². The second kappa shape index (κ2) is 7.60. The maximum absolute atomic E-state index is 12.5. The molecule has 1 aromatic heterocycles. The first kappa shape index (κ1) is 19.0. The first-order chi connectivity index (χ1) is 13.5. The molecule has 0 spiro atoms. The van der Waals surface area contributed by atoms with E-state index in [0.717, 1.165) is 11.8 Å². The van der Waals surface area contributed by atoms with Gasteiger partial charge in [-0.2, -0.15) is 4.98 Å². The van der Waals surface area contributed by atoms with E-state index in [1.165, 1.54) is 10.8 Å². The Morgan fingerprint density at radius 1 is 1.32 bits per heavy atom. The van der Waals surface area contributed by atoms with Crippen LogP contribution < -0.4 is 26.2 Å². The first-order valence-electron chi connectivity index (χ1n) is 8.70. The summed E-state index contributed by atoms with van der Waals surface area (Å²) in [4.78, 5) is 16.5. The summed E-state index contributed by atoms with van der Waals surface area (Å²) in [6.45, 7) is 0.362. The standard InChI is InChI=1S/C17H20N4O6S/c18-4-5-26-8-2-1-3-9-12(8)19-15-10(27-9)6-21(17(25)20-15)16-14(24)13(23)11(7-22)28-16/h1-3,6,11,13-14,16,22-24H,4-5,7,18H2,(H,19,20,25)/t11-,13?,14?,16-/m1/s1. The highest BCUT2D eigenvalue weighted by atomic mass is 32.2. The van der Waals surface area contributed by atoms with Gasteiger partial charge in [-0.1, -0.05) is 6.07 Å². The molecule has 0 saturated carbocycles. The predicted octanol–water partition coefficient (Wildman–Crippen LogP) is -0.242. The molecule has 0 amide bonds. The molecule has 2 aromatic rings. The second-order valence-electron chi connectivity index (χ2n) is 6.37. The molecular formula is C17H20N4O6S. The molecule has 2 aliphatic heterocycles. The van der Waals surface area contributed by atoms with Crippen molar-refractivity contribution in [1.82, 2.24) is 9.55 Å². The van der Waals surface area contributed by atoms with Crippen molar-refractivity contribution in [2.75, 3.05) is 25.1 Å². The summed E-state index contributed by atoms with van der Waals surface area (Å²) in [7, 11) is 0. The zero-order valence-corrected chi connectivity index (χ0v) is 15.5. The van der Waals surface area contributed by atoms with Crippen LogP contribution in [0.15, 0.2) is 29.2 Å². The van der Waals surface area contributed by atoms with Crippen LogP contribution in [0.25, 0.3) is 0 Å². The summed E-state index contributed by atoms with van der Waals surface area (Å²) >= 11 is 1.11. The van der Waals surface area contributed by atoms with Crippen LogP contribution in [0.3, 0.4) is 0 Å². The number of hydrogen-bond acceptors (Lipinski definition) is 10. The lowest BCUT2D eigenvalue weighted by atomic mass is 10.1. The minimum atomic E-state index is -1.22. The third-order valence-electron chi connectivity index (χ3n) is 4.54. The molecule has 0 bridgehead atoms. The van der Waals surface area contributed by atoms with Gasteiger partial charge in [-0.05, 0) is 12.1 Å². The fourth-order valence-electron chi connectivity index (χ4n) is 3.15. The number of benzene rings is 1. The van der Waals surface area contributed by atoms with Gasteiger partial charge >= 0.3 is 5.69 Å². The number of hydrogen-bond donors (Lipinski definition) is 5. The fraction of sp³-hybridized carbons (Fsp3) is 0.412. The van der Waals surface area contributed by atoms with Crippen LogP contribution in [0.5, 0.6) is 17.2 Å². The van der Waals surface area contributed by atoms with Gasteiger partial charge in [-0.25, -0.2) is 4.79 Å². The van der Waals surface area contributed by atoms with Crippen LogP contribution in [0.1, 0.15) is 5.37 Å². The Balaban J connectivity index is 1.67. The van der Waals surface area contributed by atoms with Crippen LogP contribution in [0, 0.1) is 0 Å². The van der Waals surface area contributed by atoms with E-state index < -0.39 is 28.5 Å². The van der Waals surface area contributed by atoms with Gasteiger partial charge in [0, 0.05) is 6.54 Å². The Hall–Kier alpha value is -2.31. The summed E-state index contributed by atoms with van der Waals surface area (Å²) in [6.07, 6.45) is -0.939. The molecule has 6 N–H and O–H groups in total. The highest BCUT2D eigenvalue weighted by Crippen LogP contribution is 2.46. The lowest BCUT2D eigenvalue weighted by molar-refractivity contribution is 0.0101. The number of para-hydroxylation sites is 1. The zero-order valence-electron chi connectivity index (χ0n) is 14.7. The molecule has 2 unspecified atom stereocenters. The maximum atomic E-state index is 12.5. The van der Waals surface area contributed by atoms with Crippen LogP contribution in [-0.4, -0.2) is 62.1 Å². The summed E-state index contributed by atoms with van der Waals surface area (Å²) in [5, 5.41) is 31.3. The number of nitrogens with two attached hydrogens (primary N) is 1. The molecular weight excluding hydrogens is 388 g/mol. The molecule has 0 aliphatic carbocycles. The van der Waals surface area contributed by atoms with Gasteiger partial charge in [0.25, 0.3) is 0 Å². The Morgan fingerprint density at radius 3 is 2.86 bits per heavy atom. The summed E-state index contributed by atoms with van der Waals surface area (Å²) in [5.41, 5.74) is 5.39. The molecule has 11 heteroatoms. The van der Waals surface area contributed by atoms with E-state index in [-0.39, 0.29) is 18.2 Å². The van der Waals surface area contributed by atoms with Gasteiger partial charge in [0.1, 0.15) is 29.5 Å². The monoisotopic (exact) mass is 408 g/mol. The number of thioether (sulfide) groups is 1. The topological polar surface area (TPSA) is 152 Å². The van der Waals surface area contributed by atoms with E-state index in [2.05, 4.69) is 10.3 Å². The number of rotatable bonds is 5. The number of anilines is 2. The molecule has 0 radical (unpaired) electrons. The number of aromatic nitrogens is 2. The Bertz CT molecular complexity index is 938. The average Bonchev–Trinajstić information content (AvgIpc) is 2.98. The van der Waals surface area contributed by atoms with Gasteiger partial charge in [0.2, 0.25) is 0 Å². The van der Waals surface area contributed by atoms with Gasteiger partial charge in [-0.3, -0.25) is 4.57 Å². The van der Waals surface area contributed by atoms with Crippen molar-refractivity contribution in [3.63, 3.8) is 0 Å². The third-order valence-corrected chi connectivity index (χ3v) is 6.10. The lowest BCUT2D eigenvalue weighted by Gasteiger charge is -2.25. The molecule has 150 valence electrons. The average molecular weight is 408 g/mol. The number of aliphatic hydroxyl groups excluding tert-OH is 3. The molecule has 28 heavy (non-hydrogen) atoms. The van der Waals surface area contributed by atoms with E-state index in [0.29, 0.717) is 30.3 Å². The van der Waals surface area contributed by atoms with Gasteiger partial charge < -0.3 is 35.8 Å². The highest BCUT2D eigenvalue weighted by Gasteiger charge is 2.43. The van der Waals surface area contributed by atoms with Crippen LogP contribution in [0.2, 0.25) is 0 Å². The summed E-state index contributed by atoms with van der Waals surface area (Å²) in [6, 6.07) is 5.25. The van der Waals surface area contributed by atoms with E-state index in [1.807, 2.05) is 0 Å². The Morgan fingerprint density at radius 2 is 2.14 bits per heavy atom. The molecule has 2 aliphatic rings. The largest absolute Gasteiger partial charge is 0.490 e. The normalized spacial score (nSPS) is 25.4. The predicted molar refractivity (Wildman–Crippen MR) is 102 cm³/mol. The number of nitrogens with one attached hydrogen (secondary N) is 1. The lowest BCUT2D eigenvalue weighted by Crippen LogP contribution is -2.36. The minimum absolute atomic E-state index is 0.217. The zero-order chi connectivity index (χ0) is 19.8. The molecule has 1 saturated heterocycles. The molecule has 4 rings (SSSR count). The summed E-state index contributed by atoms with van der Waals surface area (Å²) in [5.74, 6) is 1.52. The van der Waals surface area contributed by atoms with Crippen molar-refractivity contribution < 1.29 is 24.8 Å². The van der Waals surface area contributed by atoms with Crippen molar-refractivity contribution in [1.29, 1.82) is 0 Å².